The number of para-hydroxylation sites is 1. The van der Waals surface area contributed by atoms with Gasteiger partial charge >= 0.3 is 0 Å². The second-order valence-electron chi connectivity index (χ2n) is 7.54. The lowest BCUT2D eigenvalue weighted by molar-refractivity contribution is 0.587. The molecule has 1 aliphatic heterocycles. The Morgan fingerprint density at radius 2 is 2.00 bits per heavy atom. The summed E-state index contributed by atoms with van der Waals surface area (Å²) < 4.78 is 32.0. The average molecular weight is 507 g/mol. The zero-order chi connectivity index (χ0) is 21.1. The minimum Gasteiger partial charge on any atom is -0.371 e. The van der Waals surface area contributed by atoms with Crippen LogP contribution < -0.4 is 10.2 Å². The number of fused-ring (bicyclic) bond motifs is 2. The summed E-state index contributed by atoms with van der Waals surface area (Å²) in [7, 11) is 0. The normalized spacial score (nSPS) is 15.4. The van der Waals surface area contributed by atoms with Crippen LogP contribution in [0.5, 0.6) is 0 Å². The van der Waals surface area contributed by atoms with Crippen LogP contribution in [-0.2, 0) is 0 Å². The molecule has 0 saturated heterocycles. The number of rotatable bonds is 2. The van der Waals surface area contributed by atoms with Gasteiger partial charge in [0.05, 0.1) is 22.3 Å². The van der Waals surface area contributed by atoms with Gasteiger partial charge in [-0.1, -0.05) is 25.1 Å². The molecule has 4 rings (SSSR count). The fraction of sp³-hybridized carbons (Fsp3) is 0.238. The van der Waals surface area contributed by atoms with E-state index >= 15 is 8.78 Å². The Bertz CT molecular complexity index is 1180. The van der Waals surface area contributed by atoms with E-state index < -0.39 is 17.2 Å². The maximum atomic E-state index is 15.9. The molecule has 1 aromatic heterocycles. The molecule has 0 atom stereocenters. The number of halogens is 3. The third kappa shape index (κ3) is 2.92. The van der Waals surface area contributed by atoms with E-state index in [1.165, 1.54) is 11.0 Å². The maximum Gasteiger partial charge on any atom is 0.160 e. The molecule has 150 valence electrons. The predicted molar refractivity (Wildman–Crippen MR) is 122 cm³/mol. The Kier molecular flexibility index (Phi) is 4.64. The molecule has 8 heteroatoms. The van der Waals surface area contributed by atoms with Crippen LogP contribution in [0.2, 0.25) is 0 Å². The van der Waals surface area contributed by atoms with Gasteiger partial charge in [0.15, 0.2) is 5.82 Å². The number of anilines is 2. The molecule has 0 spiro atoms. The first kappa shape index (κ1) is 19.8. The minimum absolute atomic E-state index is 0.0100. The number of nitrogens with one attached hydrogen (secondary N) is 4. The standard InChI is InChI=1S/C21H20F2IN5/c1-4-15(25)29-19-14(28-21(2,3)20(29)26)8-12(22)16(17(19)23)11-7-5-6-10-13(24)9-27-18(10)11/h5-9,25-28H,4H2,1-3H3. The van der Waals surface area contributed by atoms with E-state index in [1.807, 2.05) is 6.07 Å². The van der Waals surface area contributed by atoms with Gasteiger partial charge in [0.1, 0.15) is 23.2 Å². The lowest BCUT2D eigenvalue weighted by Gasteiger charge is -2.42. The Balaban J connectivity index is 2.04. The van der Waals surface area contributed by atoms with E-state index in [1.54, 1.807) is 39.1 Å². The Morgan fingerprint density at radius 1 is 1.28 bits per heavy atom. The van der Waals surface area contributed by atoms with Crippen LogP contribution in [0.15, 0.2) is 30.5 Å². The molecule has 29 heavy (non-hydrogen) atoms. The van der Waals surface area contributed by atoms with Gasteiger partial charge in [0.25, 0.3) is 0 Å². The highest BCUT2D eigenvalue weighted by Crippen LogP contribution is 2.44. The zero-order valence-electron chi connectivity index (χ0n) is 16.2. The minimum atomic E-state index is -0.871. The van der Waals surface area contributed by atoms with Crippen molar-refractivity contribution in [3.05, 3.63) is 45.7 Å². The molecular weight excluding hydrogens is 487 g/mol. The fourth-order valence-electron chi connectivity index (χ4n) is 3.71. The molecule has 0 fully saturated rings. The van der Waals surface area contributed by atoms with Gasteiger partial charge < -0.3 is 10.3 Å². The van der Waals surface area contributed by atoms with Gasteiger partial charge in [0.2, 0.25) is 0 Å². The molecule has 0 saturated carbocycles. The Hall–Kier alpha value is -2.49. The van der Waals surface area contributed by atoms with E-state index in [9.17, 15) is 0 Å². The topological polar surface area (TPSA) is 78.8 Å². The first-order valence-corrected chi connectivity index (χ1v) is 10.3. The quantitative estimate of drug-likeness (QED) is 0.192. The van der Waals surface area contributed by atoms with Crippen LogP contribution in [0.25, 0.3) is 22.0 Å². The first-order chi connectivity index (χ1) is 13.7. The van der Waals surface area contributed by atoms with Crippen LogP contribution >= 0.6 is 22.6 Å². The Labute approximate surface area is 180 Å². The van der Waals surface area contributed by atoms with Crippen molar-refractivity contribution in [1.29, 1.82) is 10.8 Å². The monoisotopic (exact) mass is 507 g/mol. The van der Waals surface area contributed by atoms with Crippen molar-refractivity contribution >= 4 is 56.5 Å². The average Bonchev–Trinajstić information content (AvgIpc) is 3.04. The molecule has 5 nitrogen and oxygen atoms in total. The lowest BCUT2D eigenvalue weighted by Crippen LogP contribution is -2.55. The van der Waals surface area contributed by atoms with Crippen molar-refractivity contribution in [3.8, 4) is 11.1 Å². The van der Waals surface area contributed by atoms with Crippen molar-refractivity contribution in [2.45, 2.75) is 32.7 Å². The molecule has 0 radical (unpaired) electrons. The molecule has 0 bridgehead atoms. The molecule has 4 N–H and O–H groups in total. The van der Waals surface area contributed by atoms with Gasteiger partial charge in [-0.3, -0.25) is 15.7 Å². The van der Waals surface area contributed by atoms with Gasteiger partial charge in [-0.25, -0.2) is 8.78 Å². The van der Waals surface area contributed by atoms with E-state index in [0.717, 1.165) is 8.96 Å². The summed E-state index contributed by atoms with van der Waals surface area (Å²) in [6.07, 6.45) is 2.11. The molecule has 2 aromatic carbocycles. The third-order valence-corrected chi connectivity index (χ3v) is 6.11. The highest BCUT2D eigenvalue weighted by molar-refractivity contribution is 14.1. The van der Waals surface area contributed by atoms with Crippen molar-refractivity contribution in [1.82, 2.24) is 4.98 Å². The molecule has 0 unspecified atom stereocenters. The molecular formula is C21H20F2IN5. The second kappa shape index (κ2) is 6.79. The number of aromatic amines is 1. The highest BCUT2D eigenvalue weighted by Gasteiger charge is 2.40. The number of nitrogens with zero attached hydrogens (tertiary/aromatic N) is 1. The van der Waals surface area contributed by atoms with Gasteiger partial charge in [-0.15, -0.1) is 0 Å². The van der Waals surface area contributed by atoms with Gasteiger partial charge in [0, 0.05) is 33.2 Å². The maximum absolute atomic E-state index is 15.9. The van der Waals surface area contributed by atoms with Gasteiger partial charge in [-0.2, -0.15) is 0 Å². The van der Waals surface area contributed by atoms with Crippen LogP contribution in [0.1, 0.15) is 27.2 Å². The summed E-state index contributed by atoms with van der Waals surface area (Å²) in [6.45, 7) is 5.27. The van der Waals surface area contributed by atoms with Crippen molar-refractivity contribution in [2.75, 3.05) is 10.2 Å². The van der Waals surface area contributed by atoms with Gasteiger partial charge in [-0.05, 0) is 36.4 Å². The third-order valence-electron chi connectivity index (χ3n) is 5.22. The van der Waals surface area contributed by atoms with E-state index in [-0.39, 0.29) is 28.6 Å². The smallest absolute Gasteiger partial charge is 0.160 e. The van der Waals surface area contributed by atoms with E-state index in [0.29, 0.717) is 17.5 Å². The predicted octanol–water partition coefficient (Wildman–Crippen LogP) is 6.09. The molecule has 2 heterocycles. The summed E-state index contributed by atoms with van der Waals surface area (Å²) in [5, 5.41) is 20.8. The number of amidine groups is 2. The van der Waals surface area contributed by atoms with Crippen LogP contribution in [0, 0.1) is 26.0 Å². The highest BCUT2D eigenvalue weighted by atomic mass is 127. The number of H-pyrrole nitrogens is 1. The van der Waals surface area contributed by atoms with Crippen LogP contribution in [0.3, 0.4) is 0 Å². The Morgan fingerprint density at radius 3 is 2.69 bits per heavy atom. The van der Waals surface area contributed by atoms with E-state index in [2.05, 4.69) is 32.9 Å². The molecule has 0 aliphatic carbocycles. The summed E-state index contributed by atoms with van der Waals surface area (Å²) in [5.74, 6) is -1.36. The number of hydrogen-bond donors (Lipinski definition) is 4. The number of hydrogen-bond acceptors (Lipinski definition) is 3. The molecule has 0 amide bonds. The lowest BCUT2D eigenvalue weighted by atomic mass is 9.93. The van der Waals surface area contributed by atoms with E-state index in [4.69, 9.17) is 10.8 Å². The molecule has 1 aliphatic rings. The summed E-state index contributed by atoms with van der Waals surface area (Å²) in [4.78, 5) is 4.38. The SMILES string of the molecule is CCC(=N)N1C(=N)C(C)(C)Nc2cc(F)c(-c3cccc4c(I)c[nH]c34)c(F)c21. The summed E-state index contributed by atoms with van der Waals surface area (Å²) >= 11 is 2.17. The van der Waals surface area contributed by atoms with Crippen molar-refractivity contribution < 1.29 is 8.78 Å². The largest absolute Gasteiger partial charge is 0.371 e. The zero-order valence-corrected chi connectivity index (χ0v) is 18.3. The number of benzene rings is 2. The van der Waals surface area contributed by atoms with Crippen LogP contribution in [0.4, 0.5) is 20.2 Å². The summed E-state index contributed by atoms with van der Waals surface area (Å²) in [6, 6.07) is 6.58. The van der Waals surface area contributed by atoms with Crippen molar-refractivity contribution in [3.63, 3.8) is 0 Å². The second-order valence-corrected chi connectivity index (χ2v) is 8.70. The number of aromatic nitrogens is 1. The van der Waals surface area contributed by atoms with Crippen molar-refractivity contribution in [2.24, 2.45) is 0 Å². The molecule has 3 aromatic rings. The first-order valence-electron chi connectivity index (χ1n) is 9.20. The fourth-order valence-corrected chi connectivity index (χ4v) is 4.32. The van der Waals surface area contributed by atoms with Crippen LogP contribution in [-0.4, -0.2) is 22.2 Å². The summed E-state index contributed by atoms with van der Waals surface area (Å²) in [5.41, 5.74) is 0.251.